The molecule has 0 unspecified atom stereocenters. The molecule has 146 valence electrons. The fraction of sp³-hybridized carbons (Fsp3) is 0.450. The lowest BCUT2D eigenvalue weighted by Gasteiger charge is -2.24. The minimum atomic E-state index is -0.540. The molecule has 27 heavy (non-hydrogen) atoms. The van der Waals surface area contributed by atoms with Crippen molar-refractivity contribution in [2.75, 3.05) is 12.4 Å². The highest BCUT2D eigenvalue weighted by Crippen LogP contribution is 2.15. The number of ether oxygens (including phenoxy) is 1. The van der Waals surface area contributed by atoms with E-state index in [-0.39, 0.29) is 5.91 Å². The molecule has 0 spiro atoms. The molecule has 1 heterocycles. The SMILES string of the molecule is CCCc1cc(C(=O)Nc2cccc(CN(C)C(=O)OC(C)(C)C)c2)n[nH]1. The molecular weight excluding hydrogens is 344 g/mol. The van der Waals surface area contributed by atoms with Gasteiger partial charge in [-0.2, -0.15) is 5.10 Å². The number of benzene rings is 1. The second-order valence-electron chi connectivity index (χ2n) is 7.52. The Morgan fingerprint density at radius 1 is 1.26 bits per heavy atom. The molecule has 0 aliphatic carbocycles. The minimum Gasteiger partial charge on any atom is -0.444 e. The molecule has 0 saturated carbocycles. The lowest BCUT2D eigenvalue weighted by Crippen LogP contribution is -2.33. The van der Waals surface area contributed by atoms with E-state index in [1.54, 1.807) is 19.2 Å². The normalized spacial score (nSPS) is 11.1. The van der Waals surface area contributed by atoms with Gasteiger partial charge in [-0.1, -0.05) is 25.5 Å². The van der Waals surface area contributed by atoms with E-state index >= 15 is 0 Å². The third-order valence-electron chi connectivity index (χ3n) is 3.69. The molecule has 0 atom stereocenters. The van der Waals surface area contributed by atoms with Crippen LogP contribution < -0.4 is 5.32 Å². The van der Waals surface area contributed by atoms with Crippen molar-refractivity contribution in [2.24, 2.45) is 0 Å². The monoisotopic (exact) mass is 372 g/mol. The first kappa shape index (κ1) is 20.5. The fourth-order valence-corrected chi connectivity index (χ4v) is 2.50. The average Bonchev–Trinajstić information content (AvgIpc) is 3.03. The van der Waals surface area contributed by atoms with Gasteiger partial charge in [0.25, 0.3) is 5.91 Å². The molecule has 2 rings (SSSR count). The quantitative estimate of drug-likeness (QED) is 0.803. The number of aromatic nitrogens is 2. The Labute approximate surface area is 160 Å². The van der Waals surface area contributed by atoms with E-state index in [1.165, 1.54) is 4.90 Å². The Balaban J connectivity index is 1.99. The van der Waals surface area contributed by atoms with E-state index in [9.17, 15) is 9.59 Å². The van der Waals surface area contributed by atoms with Crippen LogP contribution in [0.2, 0.25) is 0 Å². The highest BCUT2D eigenvalue weighted by atomic mass is 16.6. The maximum Gasteiger partial charge on any atom is 0.410 e. The van der Waals surface area contributed by atoms with E-state index in [0.717, 1.165) is 24.1 Å². The van der Waals surface area contributed by atoms with Gasteiger partial charge < -0.3 is 15.0 Å². The number of amides is 2. The smallest absolute Gasteiger partial charge is 0.410 e. The van der Waals surface area contributed by atoms with Gasteiger partial charge >= 0.3 is 6.09 Å². The summed E-state index contributed by atoms with van der Waals surface area (Å²) in [5.74, 6) is -0.272. The highest BCUT2D eigenvalue weighted by molar-refractivity contribution is 6.02. The fourth-order valence-electron chi connectivity index (χ4n) is 2.50. The Hall–Kier alpha value is -2.83. The van der Waals surface area contributed by atoms with Crippen LogP contribution in [0.4, 0.5) is 10.5 Å². The molecule has 0 aliphatic rings. The molecule has 0 saturated heterocycles. The molecule has 0 bridgehead atoms. The Morgan fingerprint density at radius 2 is 2.00 bits per heavy atom. The van der Waals surface area contributed by atoms with Gasteiger partial charge in [-0.3, -0.25) is 9.89 Å². The number of H-pyrrole nitrogens is 1. The number of carbonyl (C=O) groups is 2. The summed E-state index contributed by atoms with van der Waals surface area (Å²) in [4.78, 5) is 25.9. The van der Waals surface area contributed by atoms with E-state index in [0.29, 0.717) is 17.9 Å². The van der Waals surface area contributed by atoms with Gasteiger partial charge in [-0.05, 0) is 51.0 Å². The topological polar surface area (TPSA) is 87.3 Å². The molecule has 1 aromatic heterocycles. The van der Waals surface area contributed by atoms with Crippen molar-refractivity contribution >= 4 is 17.7 Å². The molecule has 7 nitrogen and oxygen atoms in total. The van der Waals surface area contributed by atoms with Crippen molar-refractivity contribution in [1.82, 2.24) is 15.1 Å². The van der Waals surface area contributed by atoms with Crippen molar-refractivity contribution in [3.63, 3.8) is 0 Å². The molecule has 0 aliphatic heterocycles. The lowest BCUT2D eigenvalue weighted by atomic mass is 10.2. The van der Waals surface area contributed by atoms with Crippen molar-refractivity contribution < 1.29 is 14.3 Å². The molecule has 2 N–H and O–H groups in total. The summed E-state index contributed by atoms with van der Waals surface area (Å²) >= 11 is 0. The van der Waals surface area contributed by atoms with Crippen LogP contribution in [0.5, 0.6) is 0 Å². The minimum absolute atomic E-state index is 0.272. The summed E-state index contributed by atoms with van der Waals surface area (Å²) in [7, 11) is 1.68. The maximum absolute atomic E-state index is 12.4. The van der Waals surface area contributed by atoms with Crippen LogP contribution in [0.1, 0.15) is 55.9 Å². The first-order valence-electron chi connectivity index (χ1n) is 9.06. The van der Waals surface area contributed by atoms with E-state index in [2.05, 4.69) is 22.4 Å². The van der Waals surface area contributed by atoms with Crippen molar-refractivity contribution in [2.45, 2.75) is 52.7 Å². The number of aromatic amines is 1. The number of rotatable bonds is 6. The second-order valence-corrected chi connectivity index (χ2v) is 7.52. The molecule has 0 radical (unpaired) electrons. The van der Waals surface area contributed by atoms with Gasteiger partial charge in [-0.25, -0.2) is 4.79 Å². The Bertz CT molecular complexity index is 793. The van der Waals surface area contributed by atoms with Crippen LogP contribution >= 0.6 is 0 Å². The van der Waals surface area contributed by atoms with Gasteiger partial charge in [0.15, 0.2) is 5.69 Å². The summed E-state index contributed by atoms with van der Waals surface area (Å²) in [6.07, 6.45) is 1.44. The summed E-state index contributed by atoms with van der Waals surface area (Å²) in [6.45, 7) is 7.93. The third-order valence-corrected chi connectivity index (χ3v) is 3.69. The molecule has 2 amide bonds. The first-order chi connectivity index (χ1) is 12.7. The van der Waals surface area contributed by atoms with Crippen LogP contribution in [0.25, 0.3) is 0 Å². The average molecular weight is 372 g/mol. The van der Waals surface area contributed by atoms with Gasteiger partial charge in [0.2, 0.25) is 0 Å². The van der Waals surface area contributed by atoms with Crippen molar-refractivity contribution in [3.05, 3.63) is 47.3 Å². The van der Waals surface area contributed by atoms with Crippen molar-refractivity contribution in [3.8, 4) is 0 Å². The van der Waals surface area contributed by atoms with Gasteiger partial charge in [0.1, 0.15) is 5.60 Å². The summed E-state index contributed by atoms with van der Waals surface area (Å²) < 4.78 is 5.35. The summed E-state index contributed by atoms with van der Waals surface area (Å²) in [5.41, 5.74) is 2.29. The van der Waals surface area contributed by atoms with Crippen LogP contribution in [0.15, 0.2) is 30.3 Å². The number of nitrogens with zero attached hydrogens (tertiary/aromatic N) is 2. The summed E-state index contributed by atoms with van der Waals surface area (Å²) in [5, 5.41) is 9.76. The predicted octanol–water partition coefficient (Wildman–Crippen LogP) is 3.98. The second kappa shape index (κ2) is 8.70. The van der Waals surface area contributed by atoms with Gasteiger partial charge in [-0.15, -0.1) is 0 Å². The van der Waals surface area contributed by atoms with Crippen LogP contribution in [0.3, 0.4) is 0 Å². The third kappa shape index (κ3) is 6.44. The van der Waals surface area contributed by atoms with E-state index in [1.807, 2.05) is 39.0 Å². The lowest BCUT2D eigenvalue weighted by molar-refractivity contribution is 0.0285. The van der Waals surface area contributed by atoms with Crippen LogP contribution in [0, 0.1) is 0 Å². The number of hydrogen-bond acceptors (Lipinski definition) is 4. The van der Waals surface area contributed by atoms with Crippen LogP contribution in [-0.4, -0.2) is 39.7 Å². The molecule has 7 heteroatoms. The zero-order valence-electron chi connectivity index (χ0n) is 16.6. The molecule has 1 aromatic carbocycles. The maximum atomic E-state index is 12.4. The Morgan fingerprint density at radius 3 is 2.67 bits per heavy atom. The molecule has 0 fully saturated rings. The highest BCUT2D eigenvalue weighted by Gasteiger charge is 2.19. The van der Waals surface area contributed by atoms with E-state index in [4.69, 9.17) is 4.74 Å². The zero-order valence-corrected chi connectivity index (χ0v) is 16.6. The first-order valence-corrected chi connectivity index (χ1v) is 9.06. The predicted molar refractivity (Wildman–Crippen MR) is 105 cm³/mol. The van der Waals surface area contributed by atoms with Crippen LogP contribution in [-0.2, 0) is 17.7 Å². The molecule has 2 aromatic rings. The van der Waals surface area contributed by atoms with Crippen molar-refractivity contribution in [1.29, 1.82) is 0 Å². The largest absolute Gasteiger partial charge is 0.444 e. The van der Waals surface area contributed by atoms with Gasteiger partial charge in [0.05, 0.1) is 0 Å². The standard InChI is InChI=1S/C20H28N4O3/c1-6-8-16-12-17(23-22-16)18(25)21-15-10-7-9-14(11-15)13-24(5)19(26)27-20(2,3)4/h7,9-12H,6,8,13H2,1-5H3,(H,21,25)(H,22,23). The number of anilines is 1. The molecular formula is C20H28N4O3. The van der Waals surface area contributed by atoms with E-state index < -0.39 is 11.7 Å². The van der Waals surface area contributed by atoms with Gasteiger partial charge in [0, 0.05) is 25.0 Å². The summed E-state index contributed by atoms with van der Waals surface area (Å²) in [6, 6.07) is 9.12. The number of carbonyl (C=O) groups excluding carboxylic acids is 2. The number of nitrogens with one attached hydrogen (secondary N) is 2. The zero-order chi connectivity index (χ0) is 20.0. The number of aryl methyl sites for hydroxylation is 1. The Kier molecular flexibility index (Phi) is 6.60. The number of hydrogen-bond donors (Lipinski definition) is 2.